The number of rotatable bonds is 6. The molecule has 0 aromatic heterocycles. The molecular weight excluding hydrogens is 262 g/mol. The van der Waals surface area contributed by atoms with E-state index in [9.17, 15) is 4.79 Å². The van der Waals surface area contributed by atoms with Gasteiger partial charge in [-0.2, -0.15) is 0 Å². The molecule has 21 heavy (non-hydrogen) atoms. The van der Waals surface area contributed by atoms with E-state index < -0.39 is 0 Å². The van der Waals surface area contributed by atoms with Gasteiger partial charge in [0.15, 0.2) is 0 Å². The zero-order chi connectivity index (χ0) is 14.8. The molecule has 3 atom stereocenters. The number of hydrogen-bond acceptors (Lipinski definition) is 2. The van der Waals surface area contributed by atoms with Crippen LogP contribution in [0.2, 0.25) is 0 Å². The number of benzene rings is 1. The van der Waals surface area contributed by atoms with Crippen LogP contribution in [-0.4, -0.2) is 25.7 Å². The zero-order valence-electron chi connectivity index (χ0n) is 12.6. The van der Waals surface area contributed by atoms with Crippen LogP contribution in [0.5, 0.6) is 0 Å². The van der Waals surface area contributed by atoms with Crippen LogP contribution in [0.3, 0.4) is 0 Å². The van der Waals surface area contributed by atoms with E-state index >= 15 is 0 Å². The Balaban J connectivity index is 1.49. The van der Waals surface area contributed by atoms with E-state index in [1.165, 1.54) is 11.1 Å². The fourth-order valence-electron chi connectivity index (χ4n) is 3.53. The Hall–Kier alpha value is -1.61. The van der Waals surface area contributed by atoms with Crippen molar-refractivity contribution in [2.45, 2.75) is 25.7 Å². The van der Waals surface area contributed by atoms with Gasteiger partial charge in [-0.15, -0.1) is 0 Å². The van der Waals surface area contributed by atoms with Gasteiger partial charge in [-0.1, -0.05) is 36.4 Å². The highest BCUT2D eigenvalue weighted by molar-refractivity contribution is 5.84. The highest BCUT2D eigenvalue weighted by Gasteiger charge is 2.56. The van der Waals surface area contributed by atoms with Crippen molar-refractivity contribution in [1.82, 2.24) is 5.32 Å². The van der Waals surface area contributed by atoms with Gasteiger partial charge < -0.3 is 10.1 Å². The molecule has 1 fully saturated rings. The molecule has 1 aromatic rings. The average molecular weight is 285 g/mol. The Morgan fingerprint density at radius 3 is 3.05 bits per heavy atom. The van der Waals surface area contributed by atoms with Crippen LogP contribution >= 0.6 is 0 Å². The molecule has 1 saturated carbocycles. The molecule has 3 heteroatoms. The lowest BCUT2D eigenvalue weighted by atomic mass is 9.92. The van der Waals surface area contributed by atoms with E-state index in [1.54, 1.807) is 0 Å². The average Bonchev–Trinajstić information content (AvgIpc) is 3.21. The molecule has 0 bridgehead atoms. The predicted molar refractivity (Wildman–Crippen MR) is 83.1 cm³/mol. The maximum atomic E-state index is 12.3. The van der Waals surface area contributed by atoms with E-state index in [-0.39, 0.29) is 11.8 Å². The van der Waals surface area contributed by atoms with Crippen LogP contribution in [-0.2, 0) is 16.0 Å². The summed E-state index contributed by atoms with van der Waals surface area (Å²) in [4.78, 5) is 12.3. The summed E-state index contributed by atoms with van der Waals surface area (Å²) in [5.41, 5.74) is 3.83. The quantitative estimate of drug-likeness (QED) is 0.644. The summed E-state index contributed by atoms with van der Waals surface area (Å²) in [5.74, 6) is 1.37. The number of aryl methyl sites for hydroxylation is 1. The Labute approximate surface area is 126 Å². The van der Waals surface area contributed by atoms with Gasteiger partial charge in [0.05, 0.1) is 13.2 Å². The Morgan fingerprint density at radius 2 is 2.24 bits per heavy atom. The number of ether oxygens (including phenoxy) is 1. The van der Waals surface area contributed by atoms with Gasteiger partial charge in [0.1, 0.15) is 0 Å². The van der Waals surface area contributed by atoms with Crippen molar-refractivity contribution in [3.8, 4) is 0 Å². The summed E-state index contributed by atoms with van der Waals surface area (Å²) in [6, 6.07) is 8.56. The van der Waals surface area contributed by atoms with Crippen molar-refractivity contribution in [2.24, 2.45) is 11.8 Å². The summed E-state index contributed by atoms with van der Waals surface area (Å²) < 4.78 is 5.41. The fraction of sp³-hybridized carbons (Fsp3) is 0.500. The first kappa shape index (κ1) is 14.3. The molecule has 1 N–H and O–H groups in total. The SMILES string of the molecule is C=C(C)COCCNC(=O)C1C2CCc3ccccc3C21. The molecule has 3 unspecified atom stereocenters. The van der Waals surface area contributed by atoms with Crippen LogP contribution in [0.15, 0.2) is 36.4 Å². The predicted octanol–water partition coefficient (Wildman–Crippen LogP) is 2.67. The molecule has 1 aromatic carbocycles. The first-order chi connectivity index (χ1) is 10.2. The van der Waals surface area contributed by atoms with Crippen LogP contribution in [0.25, 0.3) is 0 Å². The number of nitrogens with one attached hydrogen (secondary N) is 1. The summed E-state index contributed by atoms with van der Waals surface area (Å²) in [5, 5.41) is 3.01. The second kappa shape index (κ2) is 6.02. The highest BCUT2D eigenvalue weighted by atomic mass is 16.5. The molecular formula is C18H23NO2. The van der Waals surface area contributed by atoms with E-state index in [0.29, 0.717) is 31.6 Å². The van der Waals surface area contributed by atoms with Gasteiger partial charge >= 0.3 is 0 Å². The van der Waals surface area contributed by atoms with E-state index in [4.69, 9.17) is 4.74 Å². The third kappa shape index (κ3) is 3.03. The largest absolute Gasteiger partial charge is 0.375 e. The van der Waals surface area contributed by atoms with E-state index in [1.807, 2.05) is 6.92 Å². The Kier molecular flexibility index (Phi) is 4.11. The minimum Gasteiger partial charge on any atom is -0.375 e. The molecule has 0 spiro atoms. The minimum atomic E-state index is 0.176. The van der Waals surface area contributed by atoms with E-state index in [0.717, 1.165) is 18.4 Å². The molecule has 0 saturated heterocycles. The van der Waals surface area contributed by atoms with Crippen molar-refractivity contribution in [3.63, 3.8) is 0 Å². The second-order valence-electron chi connectivity index (χ2n) is 6.25. The highest BCUT2D eigenvalue weighted by Crippen LogP contribution is 2.59. The third-order valence-corrected chi connectivity index (χ3v) is 4.53. The standard InChI is InChI=1S/C18H23NO2/c1-12(2)11-21-10-9-19-18(20)17-15-8-7-13-5-3-4-6-14(13)16(15)17/h3-6,15-17H,1,7-11H2,2H3,(H,19,20). The van der Waals surface area contributed by atoms with Gasteiger partial charge in [-0.05, 0) is 42.7 Å². The first-order valence-corrected chi connectivity index (χ1v) is 7.76. The fourth-order valence-corrected chi connectivity index (χ4v) is 3.53. The van der Waals surface area contributed by atoms with Gasteiger partial charge in [-0.3, -0.25) is 4.79 Å². The zero-order valence-corrected chi connectivity index (χ0v) is 12.6. The van der Waals surface area contributed by atoms with Gasteiger partial charge in [-0.25, -0.2) is 0 Å². The first-order valence-electron chi connectivity index (χ1n) is 7.76. The summed E-state index contributed by atoms with van der Waals surface area (Å²) in [6.45, 7) is 7.43. The molecule has 112 valence electrons. The minimum absolute atomic E-state index is 0.176. The van der Waals surface area contributed by atoms with Crippen LogP contribution in [0.4, 0.5) is 0 Å². The van der Waals surface area contributed by atoms with E-state index in [2.05, 4.69) is 36.2 Å². The molecule has 0 aliphatic heterocycles. The van der Waals surface area contributed by atoms with Crippen LogP contribution in [0.1, 0.15) is 30.4 Å². The molecule has 3 nitrogen and oxygen atoms in total. The molecule has 2 aliphatic carbocycles. The normalized spacial score (nSPS) is 25.7. The smallest absolute Gasteiger partial charge is 0.224 e. The topological polar surface area (TPSA) is 38.3 Å². The second-order valence-corrected chi connectivity index (χ2v) is 6.25. The van der Waals surface area contributed by atoms with Crippen LogP contribution in [0, 0.1) is 11.8 Å². The number of carbonyl (C=O) groups excluding carboxylic acids is 1. The van der Waals surface area contributed by atoms with Crippen molar-refractivity contribution >= 4 is 5.91 Å². The third-order valence-electron chi connectivity index (χ3n) is 4.53. The monoisotopic (exact) mass is 285 g/mol. The summed E-state index contributed by atoms with van der Waals surface area (Å²) in [7, 11) is 0. The molecule has 2 aliphatic rings. The number of amides is 1. The van der Waals surface area contributed by atoms with Gasteiger partial charge in [0.25, 0.3) is 0 Å². The van der Waals surface area contributed by atoms with Crippen molar-refractivity contribution < 1.29 is 9.53 Å². The lowest BCUT2D eigenvalue weighted by Gasteiger charge is -2.13. The van der Waals surface area contributed by atoms with Gasteiger partial charge in [0.2, 0.25) is 5.91 Å². The molecule has 3 rings (SSSR count). The summed E-state index contributed by atoms with van der Waals surface area (Å²) in [6.07, 6.45) is 2.26. The van der Waals surface area contributed by atoms with Gasteiger partial charge in [0, 0.05) is 12.5 Å². The summed E-state index contributed by atoms with van der Waals surface area (Å²) >= 11 is 0. The van der Waals surface area contributed by atoms with Crippen LogP contribution < -0.4 is 5.32 Å². The lowest BCUT2D eigenvalue weighted by Crippen LogP contribution is -2.29. The molecule has 1 amide bonds. The maximum absolute atomic E-state index is 12.3. The molecule has 0 heterocycles. The van der Waals surface area contributed by atoms with Crippen molar-refractivity contribution in [3.05, 3.63) is 47.5 Å². The lowest BCUT2D eigenvalue weighted by molar-refractivity contribution is -0.122. The Bertz CT molecular complexity index is 552. The number of carbonyl (C=O) groups is 1. The maximum Gasteiger partial charge on any atom is 0.224 e. The Morgan fingerprint density at radius 1 is 1.43 bits per heavy atom. The van der Waals surface area contributed by atoms with Crippen molar-refractivity contribution in [2.75, 3.05) is 19.8 Å². The number of hydrogen-bond donors (Lipinski definition) is 1. The van der Waals surface area contributed by atoms with Crippen molar-refractivity contribution in [1.29, 1.82) is 0 Å². The number of fused-ring (bicyclic) bond motifs is 3. The molecule has 0 radical (unpaired) electrons.